The lowest BCUT2D eigenvalue weighted by molar-refractivity contribution is 0.595. The number of nitrogens with zero attached hydrogens (tertiary/aromatic N) is 4. The van der Waals surface area contributed by atoms with Crippen molar-refractivity contribution in [3.05, 3.63) is 65.4 Å². The molecule has 0 fully saturated rings. The summed E-state index contributed by atoms with van der Waals surface area (Å²) in [5, 5.41) is 3.75. The van der Waals surface area contributed by atoms with E-state index in [4.69, 9.17) is 9.97 Å². The molecule has 0 bridgehead atoms. The van der Waals surface area contributed by atoms with Crippen LogP contribution in [0.15, 0.2) is 43.0 Å². The zero-order valence-electron chi connectivity index (χ0n) is 14.7. The Labute approximate surface area is 153 Å². The van der Waals surface area contributed by atoms with Gasteiger partial charge >= 0.3 is 0 Å². The zero-order valence-corrected chi connectivity index (χ0v) is 14.7. The third-order valence-electron chi connectivity index (χ3n) is 5.42. The Morgan fingerprint density at radius 1 is 0.923 bits per heavy atom. The number of nitrogens with one attached hydrogen (secondary N) is 1. The van der Waals surface area contributed by atoms with Gasteiger partial charge in [-0.3, -0.25) is 9.97 Å². The van der Waals surface area contributed by atoms with Crippen molar-refractivity contribution >= 4 is 5.82 Å². The van der Waals surface area contributed by atoms with E-state index in [0.29, 0.717) is 6.04 Å². The molecule has 0 saturated heterocycles. The highest BCUT2D eigenvalue weighted by Crippen LogP contribution is 2.35. The number of anilines is 1. The Balaban J connectivity index is 1.54. The Hall–Kier alpha value is -2.82. The molecule has 0 radical (unpaired) electrons. The molecule has 3 aromatic heterocycles. The molecule has 0 amide bonds. The van der Waals surface area contributed by atoms with Crippen molar-refractivity contribution in [2.75, 3.05) is 5.32 Å². The first-order chi connectivity index (χ1) is 12.9. The Bertz CT molecular complexity index is 938. The molecule has 3 heterocycles. The van der Waals surface area contributed by atoms with E-state index in [1.165, 1.54) is 28.8 Å². The van der Waals surface area contributed by atoms with E-state index in [1.807, 2.05) is 30.7 Å². The maximum absolute atomic E-state index is 4.90. The molecule has 130 valence electrons. The van der Waals surface area contributed by atoms with E-state index >= 15 is 0 Å². The highest BCUT2D eigenvalue weighted by molar-refractivity contribution is 5.60. The molecule has 1 atom stereocenters. The summed E-state index contributed by atoms with van der Waals surface area (Å²) < 4.78 is 0. The second-order valence-electron chi connectivity index (χ2n) is 7.08. The van der Waals surface area contributed by atoms with Crippen LogP contribution in [0.2, 0.25) is 0 Å². The first kappa shape index (κ1) is 15.4. The molecule has 1 unspecified atom stereocenters. The molecule has 5 heteroatoms. The number of hydrogen-bond donors (Lipinski definition) is 1. The van der Waals surface area contributed by atoms with Gasteiger partial charge in [-0.25, -0.2) is 9.97 Å². The van der Waals surface area contributed by atoms with Gasteiger partial charge in [-0.05, 0) is 67.9 Å². The molecule has 1 N–H and O–H groups in total. The van der Waals surface area contributed by atoms with Crippen molar-refractivity contribution < 1.29 is 0 Å². The third-order valence-corrected chi connectivity index (χ3v) is 5.42. The van der Waals surface area contributed by atoms with Gasteiger partial charge < -0.3 is 5.32 Å². The van der Waals surface area contributed by atoms with Gasteiger partial charge in [0.25, 0.3) is 0 Å². The molecular formula is C21H21N5. The van der Waals surface area contributed by atoms with E-state index in [1.54, 1.807) is 6.20 Å². The first-order valence-corrected chi connectivity index (χ1v) is 9.38. The van der Waals surface area contributed by atoms with Crippen LogP contribution >= 0.6 is 0 Å². The molecule has 2 aliphatic rings. The molecule has 26 heavy (non-hydrogen) atoms. The maximum atomic E-state index is 4.90. The van der Waals surface area contributed by atoms with Crippen molar-refractivity contribution in [2.45, 2.75) is 44.6 Å². The predicted octanol–water partition coefficient (Wildman–Crippen LogP) is 3.91. The van der Waals surface area contributed by atoms with Crippen LogP contribution < -0.4 is 5.32 Å². The van der Waals surface area contributed by atoms with Crippen molar-refractivity contribution in [1.29, 1.82) is 0 Å². The summed E-state index contributed by atoms with van der Waals surface area (Å²) in [4.78, 5) is 18.2. The van der Waals surface area contributed by atoms with Crippen LogP contribution in [-0.2, 0) is 19.3 Å². The predicted molar refractivity (Wildman–Crippen MR) is 101 cm³/mol. The van der Waals surface area contributed by atoms with Crippen LogP contribution in [0.3, 0.4) is 0 Å². The van der Waals surface area contributed by atoms with Crippen LogP contribution in [0.25, 0.3) is 11.4 Å². The van der Waals surface area contributed by atoms with Crippen LogP contribution in [0.4, 0.5) is 5.82 Å². The summed E-state index contributed by atoms with van der Waals surface area (Å²) in [6, 6.07) is 6.40. The quantitative estimate of drug-likeness (QED) is 0.781. The Kier molecular flexibility index (Phi) is 3.85. The molecule has 0 aliphatic heterocycles. The highest BCUT2D eigenvalue weighted by Gasteiger charge is 2.25. The molecule has 0 aromatic carbocycles. The molecule has 5 rings (SSSR count). The number of aromatic nitrogens is 4. The normalized spacial score (nSPS) is 18.2. The lowest BCUT2D eigenvalue weighted by Crippen LogP contribution is -2.19. The maximum Gasteiger partial charge on any atom is 0.163 e. The van der Waals surface area contributed by atoms with Crippen LogP contribution in [0.5, 0.6) is 0 Å². The summed E-state index contributed by atoms with van der Waals surface area (Å²) in [5.41, 5.74) is 6.17. The largest absolute Gasteiger partial charge is 0.363 e. The third kappa shape index (κ3) is 2.73. The molecule has 0 spiro atoms. The Morgan fingerprint density at radius 2 is 1.88 bits per heavy atom. The van der Waals surface area contributed by atoms with Crippen molar-refractivity contribution in [3.63, 3.8) is 0 Å². The van der Waals surface area contributed by atoms with E-state index in [2.05, 4.69) is 21.4 Å². The van der Waals surface area contributed by atoms with E-state index in [-0.39, 0.29) is 0 Å². The summed E-state index contributed by atoms with van der Waals surface area (Å²) in [7, 11) is 0. The van der Waals surface area contributed by atoms with Gasteiger partial charge in [-0.15, -0.1) is 0 Å². The zero-order chi connectivity index (χ0) is 17.3. The van der Waals surface area contributed by atoms with E-state index in [0.717, 1.165) is 49.3 Å². The van der Waals surface area contributed by atoms with E-state index in [9.17, 15) is 0 Å². The van der Waals surface area contributed by atoms with Crippen LogP contribution in [0, 0.1) is 0 Å². The average Bonchev–Trinajstić information content (AvgIpc) is 3.18. The first-order valence-electron chi connectivity index (χ1n) is 9.38. The van der Waals surface area contributed by atoms with Gasteiger partial charge in [-0.1, -0.05) is 0 Å². The number of fused-ring (bicyclic) bond motifs is 2. The van der Waals surface area contributed by atoms with Crippen molar-refractivity contribution in [2.24, 2.45) is 0 Å². The number of pyridine rings is 2. The number of aryl methyl sites for hydroxylation is 2. The molecular weight excluding hydrogens is 322 g/mol. The lowest BCUT2D eigenvalue weighted by atomic mass is 9.89. The van der Waals surface area contributed by atoms with Gasteiger partial charge in [0.05, 0.1) is 6.04 Å². The molecule has 5 nitrogen and oxygen atoms in total. The summed E-state index contributed by atoms with van der Waals surface area (Å²) in [5.74, 6) is 1.77. The second kappa shape index (κ2) is 6.48. The lowest BCUT2D eigenvalue weighted by Gasteiger charge is -2.27. The number of rotatable bonds is 3. The van der Waals surface area contributed by atoms with Gasteiger partial charge in [0.2, 0.25) is 0 Å². The van der Waals surface area contributed by atoms with Gasteiger partial charge in [0.1, 0.15) is 5.82 Å². The minimum absolute atomic E-state index is 0.295. The minimum Gasteiger partial charge on any atom is -0.363 e. The highest BCUT2D eigenvalue weighted by atomic mass is 15.1. The monoisotopic (exact) mass is 343 g/mol. The SMILES string of the molecule is c1cncc(-c2nc3c(c(NC4CCCc5cnccc54)n2)CCC3)c1. The minimum atomic E-state index is 0.295. The fraction of sp³-hybridized carbons (Fsp3) is 0.333. The van der Waals surface area contributed by atoms with Gasteiger partial charge in [-0.2, -0.15) is 0 Å². The van der Waals surface area contributed by atoms with E-state index < -0.39 is 0 Å². The topological polar surface area (TPSA) is 63.6 Å². The van der Waals surface area contributed by atoms with Gasteiger partial charge in [0, 0.05) is 41.6 Å². The fourth-order valence-electron chi connectivity index (χ4n) is 4.13. The average molecular weight is 343 g/mol. The van der Waals surface area contributed by atoms with Crippen LogP contribution in [0.1, 0.15) is 47.7 Å². The number of hydrogen-bond acceptors (Lipinski definition) is 5. The second-order valence-corrected chi connectivity index (χ2v) is 7.08. The summed E-state index contributed by atoms with van der Waals surface area (Å²) in [6.45, 7) is 0. The van der Waals surface area contributed by atoms with Crippen molar-refractivity contribution in [1.82, 2.24) is 19.9 Å². The molecule has 3 aromatic rings. The molecule has 0 saturated carbocycles. The standard InChI is InChI=1S/C21H21N5/c1-4-14-12-23-11-9-16(14)18(7-1)25-21-17-6-2-8-19(17)24-20(26-21)15-5-3-10-22-13-15/h3,5,9-13,18H,1-2,4,6-8H2,(H,24,25,26). The molecule has 2 aliphatic carbocycles. The Morgan fingerprint density at radius 3 is 2.81 bits per heavy atom. The smallest absolute Gasteiger partial charge is 0.163 e. The summed E-state index contributed by atoms with van der Waals surface area (Å²) >= 11 is 0. The fourth-order valence-corrected chi connectivity index (χ4v) is 4.13. The van der Waals surface area contributed by atoms with Gasteiger partial charge in [0.15, 0.2) is 5.82 Å². The van der Waals surface area contributed by atoms with Crippen LogP contribution in [-0.4, -0.2) is 19.9 Å². The summed E-state index contributed by atoms with van der Waals surface area (Å²) in [6.07, 6.45) is 14.2. The van der Waals surface area contributed by atoms with Crippen molar-refractivity contribution in [3.8, 4) is 11.4 Å².